The van der Waals surface area contributed by atoms with E-state index in [4.69, 9.17) is 0 Å². The molecule has 2 saturated carbocycles. The summed E-state index contributed by atoms with van der Waals surface area (Å²) in [5, 5.41) is 0. The Morgan fingerprint density at radius 3 is 2.06 bits per heavy atom. The van der Waals surface area contributed by atoms with Gasteiger partial charge in [0, 0.05) is 11.8 Å². The largest absolute Gasteiger partial charge is 0.517 e. The molecular formula is C20H21F6NO5S2. The molecule has 0 amide bonds. The van der Waals surface area contributed by atoms with Gasteiger partial charge in [-0.25, -0.2) is 0 Å². The molecule has 190 valence electrons. The van der Waals surface area contributed by atoms with E-state index in [0.717, 1.165) is 6.07 Å². The van der Waals surface area contributed by atoms with E-state index in [-0.39, 0.29) is 30.0 Å². The Labute approximate surface area is 192 Å². The van der Waals surface area contributed by atoms with Gasteiger partial charge in [0.15, 0.2) is 0 Å². The van der Waals surface area contributed by atoms with Crippen molar-refractivity contribution in [2.24, 2.45) is 17.3 Å². The lowest BCUT2D eigenvalue weighted by atomic mass is 9.55. The fourth-order valence-electron chi connectivity index (χ4n) is 6.05. The van der Waals surface area contributed by atoms with Crippen LogP contribution in [0.1, 0.15) is 56.1 Å². The molecule has 3 aliphatic carbocycles. The summed E-state index contributed by atoms with van der Waals surface area (Å²) in [6.07, 6.45) is 3.07. The molecule has 2 fully saturated rings. The van der Waals surface area contributed by atoms with Gasteiger partial charge in [0.2, 0.25) is 0 Å². The molecule has 1 aromatic rings. The SMILES string of the molecule is C[C@]12CC[C@@H]3c4ccc(N(S(=O)(=O)C(F)(F)F)S(=O)(=O)C(F)(F)F)cc4CC[C@H]3[C@@H]1CCC2=O. The number of sulfonamides is 2. The highest BCUT2D eigenvalue weighted by atomic mass is 32.3. The third-order valence-corrected chi connectivity index (χ3v) is 11.3. The van der Waals surface area contributed by atoms with Gasteiger partial charge in [-0.2, -0.15) is 43.2 Å². The van der Waals surface area contributed by atoms with E-state index < -0.39 is 45.9 Å². The standard InChI is InChI=1S/C20H21F6NO5S2/c1-18-9-8-14-13-5-3-12(10-11(13)2-4-15(14)16(18)6-7-17(18)28)27(33(29,30)19(21,22)23)34(31,32)20(24,25)26/h3,5,10,14-16H,2,4,6-9H2,1H3/t14-,15-,16+,18+/m1/s1. The van der Waals surface area contributed by atoms with E-state index in [1.165, 1.54) is 6.07 Å². The highest BCUT2D eigenvalue weighted by molar-refractivity contribution is 8.11. The van der Waals surface area contributed by atoms with Crippen molar-refractivity contribution in [2.75, 3.05) is 3.71 Å². The molecule has 0 aliphatic heterocycles. The number of anilines is 1. The molecule has 0 N–H and O–H groups in total. The van der Waals surface area contributed by atoms with Crippen molar-refractivity contribution >= 4 is 31.5 Å². The van der Waals surface area contributed by atoms with Gasteiger partial charge in [-0.05, 0) is 73.1 Å². The van der Waals surface area contributed by atoms with E-state index >= 15 is 0 Å². The van der Waals surface area contributed by atoms with Gasteiger partial charge < -0.3 is 0 Å². The summed E-state index contributed by atoms with van der Waals surface area (Å²) >= 11 is 0. The average Bonchev–Trinajstić information content (AvgIpc) is 3.00. The zero-order chi connectivity index (χ0) is 25.5. The molecule has 0 radical (unpaired) electrons. The summed E-state index contributed by atoms with van der Waals surface area (Å²) in [4.78, 5) is 12.4. The van der Waals surface area contributed by atoms with E-state index in [1.807, 2.05) is 6.92 Å². The third-order valence-electron chi connectivity index (χ3n) is 7.65. The predicted octanol–water partition coefficient (Wildman–Crippen LogP) is 4.62. The Morgan fingerprint density at radius 2 is 1.50 bits per heavy atom. The predicted molar refractivity (Wildman–Crippen MR) is 108 cm³/mol. The topological polar surface area (TPSA) is 88.6 Å². The number of alkyl halides is 6. The van der Waals surface area contributed by atoms with Crippen molar-refractivity contribution < 1.29 is 48.0 Å². The van der Waals surface area contributed by atoms with Gasteiger partial charge in [0.05, 0.1) is 5.69 Å². The number of hydrogen-bond acceptors (Lipinski definition) is 5. The smallest absolute Gasteiger partial charge is 0.299 e. The van der Waals surface area contributed by atoms with Crippen LogP contribution in [0.4, 0.5) is 32.0 Å². The molecule has 0 spiro atoms. The maximum absolute atomic E-state index is 13.2. The minimum atomic E-state index is -6.92. The van der Waals surface area contributed by atoms with Crippen LogP contribution in [-0.4, -0.2) is 33.6 Å². The minimum absolute atomic E-state index is 0.0949. The number of nitrogens with zero attached hydrogens (tertiary/aromatic N) is 1. The molecule has 0 bridgehead atoms. The van der Waals surface area contributed by atoms with E-state index in [0.29, 0.717) is 49.3 Å². The number of Topliss-reactive ketones (excluding diaryl/α,β-unsaturated/α-hetero) is 1. The Balaban J connectivity index is 1.78. The van der Waals surface area contributed by atoms with Crippen molar-refractivity contribution in [3.8, 4) is 0 Å². The number of ketones is 1. The second-order valence-electron chi connectivity index (χ2n) is 9.32. The molecular weight excluding hydrogens is 512 g/mol. The first-order valence-corrected chi connectivity index (χ1v) is 13.4. The van der Waals surface area contributed by atoms with Crippen LogP contribution in [0.2, 0.25) is 0 Å². The van der Waals surface area contributed by atoms with Crippen molar-refractivity contribution in [2.45, 2.75) is 62.4 Å². The molecule has 1 aromatic carbocycles. The highest BCUT2D eigenvalue weighted by Gasteiger charge is 2.62. The second-order valence-corrected chi connectivity index (χ2v) is 13.1. The van der Waals surface area contributed by atoms with Crippen LogP contribution in [0.3, 0.4) is 0 Å². The molecule has 0 heterocycles. The fourth-order valence-corrected chi connectivity index (χ4v) is 8.75. The second kappa shape index (κ2) is 7.58. The molecule has 34 heavy (non-hydrogen) atoms. The van der Waals surface area contributed by atoms with Gasteiger partial charge in [0.25, 0.3) is 0 Å². The molecule has 4 rings (SSSR count). The molecule has 6 nitrogen and oxygen atoms in total. The molecule has 3 aliphatic rings. The first-order valence-electron chi connectivity index (χ1n) is 10.5. The number of aryl methyl sites for hydroxylation is 1. The number of rotatable bonds is 3. The van der Waals surface area contributed by atoms with Crippen molar-refractivity contribution in [1.29, 1.82) is 0 Å². The van der Waals surface area contributed by atoms with Crippen molar-refractivity contribution in [3.05, 3.63) is 29.3 Å². The average molecular weight is 534 g/mol. The monoisotopic (exact) mass is 533 g/mol. The summed E-state index contributed by atoms with van der Waals surface area (Å²) in [6, 6.07) is 2.67. The highest BCUT2D eigenvalue weighted by Crippen LogP contribution is 2.59. The zero-order valence-corrected chi connectivity index (χ0v) is 19.4. The first kappa shape index (κ1) is 25.3. The number of fused-ring (bicyclic) bond motifs is 5. The first-order chi connectivity index (χ1) is 15.4. The van der Waals surface area contributed by atoms with E-state index in [1.54, 1.807) is 0 Å². The summed E-state index contributed by atoms with van der Waals surface area (Å²) in [7, 11) is -13.8. The number of carbonyl (C=O) groups excluding carboxylic acids is 1. The number of halogens is 6. The van der Waals surface area contributed by atoms with Gasteiger partial charge in [0.1, 0.15) is 5.78 Å². The quantitative estimate of drug-likeness (QED) is 0.530. The van der Waals surface area contributed by atoms with Gasteiger partial charge in [-0.15, -0.1) is 3.71 Å². The summed E-state index contributed by atoms with van der Waals surface area (Å²) in [5.74, 6) is 0.299. The van der Waals surface area contributed by atoms with Crippen molar-refractivity contribution in [3.63, 3.8) is 0 Å². The fraction of sp³-hybridized carbons (Fsp3) is 0.650. The third kappa shape index (κ3) is 3.54. The maximum atomic E-state index is 13.2. The minimum Gasteiger partial charge on any atom is -0.299 e. The zero-order valence-electron chi connectivity index (χ0n) is 17.8. The molecule has 0 unspecified atom stereocenters. The molecule has 0 saturated heterocycles. The normalized spacial score (nSPS) is 29.9. The Bertz CT molecular complexity index is 1200. The van der Waals surface area contributed by atoms with Gasteiger partial charge in [-0.1, -0.05) is 13.0 Å². The van der Waals surface area contributed by atoms with Crippen LogP contribution >= 0.6 is 0 Å². The summed E-state index contributed by atoms with van der Waals surface area (Å²) in [6.45, 7) is 1.93. The summed E-state index contributed by atoms with van der Waals surface area (Å²) < 4.78 is 125. The number of benzene rings is 1. The number of hydrogen-bond donors (Lipinski definition) is 0. The molecule has 14 heteroatoms. The van der Waals surface area contributed by atoms with Crippen LogP contribution in [-0.2, 0) is 31.3 Å². The van der Waals surface area contributed by atoms with Gasteiger partial charge >= 0.3 is 31.1 Å². The lowest BCUT2D eigenvalue weighted by Crippen LogP contribution is -2.49. The number of carbonyl (C=O) groups is 1. The Hall–Kier alpha value is -1.83. The van der Waals surface area contributed by atoms with Crippen molar-refractivity contribution in [1.82, 2.24) is 0 Å². The Kier molecular flexibility index (Phi) is 5.64. The Morgan fingerprint density at radius 1 is 0.912 bits per heavy atom. The molecule has 0 aromatic heterocycles. The van der Waals surface area contributed by atoms with Gasteiger partial charge in [-0.3, -0.25) is 4.79 Å². The van der Waals surface area contributed by atoms with E-state index in [9.17, 15) is 48.0 Å². The maximum Gasteiger partial charge on any atom is 0.517 e. The van der Waals surface area contributed by atoms with Crippen LogP contribution in [0, 0.1) is 17.3 Å². The lowest BCUT2D eigenvalue weighted by Gasteiger charge is -2.48. The van der Waals surface area contributed by atoms with Crippen LogP contribution in [0.15, 0.2) is 18.2 Å². The molecule has 4 atom stereocenters. The van der Waals surface area contributed by atoms with E-state index in [2.05, 4.69) is 0 Å². The lowest BCUT2D eigenvalue weighted by molar-refractivity contribution is -0.129. The van der Waals surface area contributed by atoms with Crippen LogP contribution in [0.5, 0.6) is 0 Å². The van der Waals surface area contributed by atoms with Crippen LogP contribution in [0.25, 0.3) is 0 Å². The summed E-state index contributed by atoms with van der Waals surface area (Å²) in [5.41, 5.74) is -13.3. The van der Waals surface area contributed by atoms with Crippen LogP contribution < -0.4 is 3.71 Å².